The van der Waals surface area contributed by atoms with Crippen LogP contribution in [0.1, 0.15) is 131 Å². The van der Waals surface area contributed by atoms with Crippen LogP contribution < -0.4 is 5.32 Å². The van der Waals surface area contributed by atoms with Gasteiger partial charge in [0, 0.05) is 73.0 Å². The first-order valence-corrected chi connectivity index (χ1v) is 30.0. The predicted octanol–water partition coefficient (Wildman–Crippen LogP) is 7.08. The van der Waals surface area contributed by atoms with Crippen LogP contribution in [0.3, 0.4) is 0 Å². The first-order chi connectivity index (χ1) is 35.5. The Kier molecular flexibility index (Phi) is 25.1. The van der Waals surface area contributed by atoms with Crippen molar-refractivity contribution in [2.24, 2.45) is 35.0 Å². The number of carbonyl (C=O) groups excluding carboxylic acids is 7. The number of hydrogen-bond donors (Lipinski definition) is 2. The Morgan fingerprint density at radius 1 is 0.933 bits per heavy atom. The molecule has 0 aromatic heterocycles. The molecule has 0 bridgehead atoms. The van der Waals surface area contributed by atoms with Gasteiger partial charge in [0.25, 0.3) is 0 Å². The van der Waals surface area contributed by atoms with Crippen molar-refractivity contribution in [3.8, 4) is 0 Å². The Balaban J connectivity index is 1.41. The highest BCUT2D eigenvalue weighted by molar-refractivity contribution is 8.00. The molecule has 11 atom stereocenters. The summed E-state index contributed by atoms with van der Waals surface area (Å²) < 4.78 is 26.6. The molecule has 6 amide bonds. The van der Waals surface area contributed by atoms with Gasteiger partial charge >= 0.3 is 5.97 Å². The lowest BCUT2D eigenvalue weighted by atomic mass is 9.83. The summed E-state index contributed by atoms with van der Waals surface area (Å²) in [5.74, 6) is -5.04. The maximum atomic E-state index is 14.8. The summed E-state index contributed by atoms with van der Waals surface area (Å²) in [5.41, 5.74) is 0.0198. The Morgan fingerprint density at radius 2 is 1.61 bits per heavy atom. The smallest absolute Gasteiger partial charge is 0.326 e. The van der Waals surface area contributed by atoms with Crippen molar-refractivity contribution in [1.29, 1.82) is 0 Å². The van der Waals surface area contributed by atoms with Gasteiger partial charge in [-0.05, 0) is 91.9 Å². The summed E-state index contributed by atoms with van der Waals surface area (Å²) in [6.07, 6.45) is 5.39. The van der Waals surface area contributed by atoms with E-state index in [2.05, 4.69) is 12.0 Å². The van der Waals surface area contributed by atoms with E-state index in [9.17, 15) is 47.9 Å². The van der Waals surface area contributed by atoms with E-state index in [0.717, 1.165) is 39.8 Å². The van der Waals surface area contributed by atoms with E-state index in [4.69, 9.17) is 9.47 Å². The van der Waals surface area contributed by atoms with Crippen LogP contribution in [0, 0.1) is 40.8 Å². The molecule has 422 valence electrons. The molecule has 2 saturated heterocycles. The van der Waals surface area contributed by atoms with E-state index >= 15 is 0 Å². The quantitative estimate of drug-likeness (QED) is 0.0413. The Bertz CT molecular complexity index is 2130. The number of likely N-dealkylation sites (tertiary alicyclic amines) is 2. The maximum Gasteiger partial charge on any atom is 0.326 e. The molecule has 1 aromatic rings. The number of Topliss-reactive ketones (excluding diaryl/α,β-unsaturated/α-hetero) is 1. The van der Waals surface area contributed by atoms with Gasteiger partial charge in [-0.15, -0.1) is 20.3 Å². The molecule has 2 heterocycles. The van der Waals surface area contributed by atoms with Crippen LogP contribution in [0.15, 0.2) is 24.3 Å². The molecule has 2 unspecified atom stereocenters. The van der Waals surface area contributed by atoms with Crippen LogP contribution in [0.2, 0.25) is 0 Å². The maximum absolute atomic E-state index is 14.8. The molecule has 75 heavy (non-hydrogen) atoms. The number of nitrogens with zero attached hydrogens (tertiary/aromatic N) is 4. The van der Waals surface area contributed by atoms with E-state index in [1.807, 2.05) is 41.5 Å². The number of aliphatic carboxylic acids is 1. The number of rotatable bonds is 33. The number of carboxylic acid groups (broad SMARTS) is 1. The zero-order valence-corrected chi connectivity index (χ0v) is 48.7. The van der Waals surface area contributed by atoms with Gasteiger partial charge in [-0.2, -0.15) is 0 Å². The second kappa shape index (κ2) is 29.7. The van der Waals surface area contributed by atoms with E-state index < -0.39 is 65.9 Å². The van der Waals surface area contributed by atoms with Gasteiger partial charge in [0.15, 0.2) is 5.78 Å². The number of thioether (sulfide) groups is 1. The third-order valence-electron chi connectivity index (χ3n) is 16.1. The molecule has 1 spiro atoms. The Labute approximate surface area is 452 Å². The molecule has 1 aliphatic carbocycles. The second-order valence-electron chi connectivity index (χ2n) is 22.2. The summed E-state index contributed by atoms with van der Waals surface area (Å²) in [5, 5.41) is 12.3. The molecule has 0 radical (unpaired) electrons. The Hall–Kier alpha value is -3.99. The zero-order chi connectivity index (χ0) is 55.9. The topological polar surface area (TPSA) is 200 Å². The van der Waals surface area contributed by atoms with E-state index in [1.54, 1.807) is 48.6 Å². The minimum atomic E-state index is -1.40. The van der Waals surface area contributed by atoms with Crippen LogP contribution >= 0.6 is 20.3 Å². The number of ether oxygens (including phenoxy) is 2. The molecule has 3 fully saturated rings. The number of methoxy groups -OCH3 is 2. The van der Waals surface area contributed by atoms with Crippen molar-refractivity contribution in [3.63, 3.8) is 0 Å². The number of nitrogens with one attached hydrogen (secondary N) is 1. The summed E-state index contributed by atoms with van der Waals surface area (Å²) in [6.45, 7) is 16.1. The highest BCUT2D eigenvalue weighted by atomic mass is 32.2. The molecule has 1 saturated carbocycles. The van der Waals surface area contributed by atoms with E-state index in [-0.39, 0.29) is 101 Å². The van der Waals surface area contributed by atoms with Gasteiger partial charge in [0.2, 0.25) is 35.4 Å². The fraction of sp³-hybridized carbons (Fsp3) is 0.750. The second-order valence-corrected chi connectivity index (χ2v) is 24.7. The van der Waals surface area contributed by atoms with Gasteiger partial charge in [0.05, 0.1) is 47.9 Å². The van der Waals surface area contributed by atoms with Crippen LogP contribution in [-0.4, -0.2) is 174 Å². The van der Waals surface area contributed by atoms with Crippen molar-refractivity contribution in [2.75, 3.05) is 60.0 Å². The molecular formula is C56H89FN5O11PS. The summed E-state index contributed by atoms with van der Waals surface area (Å²) >= 11 is 1.57. The van der Waals surface area contributed by atoms with Crippen LogP contribution in [0.4, 0.5) is 4.39 Å². The number of amides is 6. The fourth-order valence-corrected chi connectivity index (χ4v) is 13.2. The molecule has 16 nitrogen and oxygen atoms in total. The van der Waals surface area contributed by atoms with Crippen LogP contribution in [0.5, 0.6) is 0 Å². The van der Waals surface area contributed by atoms with Gasteiger partial charge in [-0.25, -0.2) is 9.18 Å². The van der Waals surface area contributed by atoms with Gasteiger partial charge in [0.1, 0.15) is 11.9 Å². The number of imide groups is 1. The lowest BCUT2D eigenvalue weighted by molar-refractivity contribution is -0.150. The van der Waals surface area contributed by atoms with Gasteiger partial charge in [-0.3, -0.25) is 38.5 Å². The third-order valence-corrected chi connectivity index (χ3v) is 18.3. The predicted molar refractivity (Wildman–Crippen MR) is 292 cm³/mol. The number of unbranched alkanes of at least 4 members (excludes halogenated alkanes) is 2. The first-order valence-electron chi connectivity index (χ1n) is 27.2. The fourth-order valence-electron chi connectivity index (χ4n) is 11.2. The minimum absolute atomic E-state index is 0.0857. The average Bonchev–Trinajstić information content (AvgIpc) is 3.94. The number of carbonyl (C=O) groups is 8. The Morgan fingerprint density at radius 3 is 2.19 bits per heavy atom. The monoisotopic (exact) mass is 1090 g/mol. The largest absolute Gasteiger partial charge is 0.480 e. The van der Waals surface area contributed by atoms with E-state index in [1.165, 1.54) is 42.2 Å². The first kappa shape index (κ1) is 63.5. The normalized spacial score (nSPS) is 20.6. The molecule has 4 rings (SSSR count). The van der Waals surface area contributed by atoms with Crippen molar-refractivity contribution >= 4 is 67.5 Å². The third kappa shape index (κ3) is 17.0. The van der Waals surface area contributed by atoms with Crippen LogP contribution in [0.25, 0.3) is 0 Å². The molecule has 19 heteroatoms. The number of benzene rings is 1. The highest BCUT2D eigenvalue weighted by Crippen LogP contribution is 2.56. The zero-order valence-electron chi connectivity index (χ0n) is 46.9. The van der Waals surface area contributed by atoms with Gasteiger partial charge < -0.3 is 34.6 Å². The van der Waals surface area contributed by atoms with Crippen molar-refractivity contribution in [3.05, 3.63) is 35.6 Å². The van der Waals surface area contributed by atoms with Crippen LogP contribution in [-0.2, 0) is 54.3 Å². The number of ketones is 1. The number of halogens is 1. The van der Waals surface area contributed by atoms with E-state index in [0.29, 0.717) is 45.2 Å². The summed E-state index contributed by atoms with van der Waals surface area (Å²) in [4.78, 5) is 115. The summed E-state index contributed by atoms with van der Waals surface area (Å²) in [6, 6.07) is 2.54. The van der Waals surface area contributed by atoms with Crippen molar-refractivity contribution in [1.82, 2.24) is 24.9 Å². The highest BCUT2D eigenvalue weighted by Gasteiger charge is 2.56. The number of likely N-dealkylation sites (N-methyl/N-ethyl adjacent to an activating group) is 2. The van der Waals surface area contributed by atoms with Crippen molar-refractivity contribution < 1.29 is 57.3 Å². The van der Waals surface area contributed by atoms with Gasteiger partial charge in [-0.1, -0.05) is 79.5 Å². The minimum Gasteiger partial charge on any atom is -0.480 e. The molecule has 1 aromatic carbocycles. The summed E-state index contributed by atoms with van der Waals surface area (Å²) in [7, 11) is 7.19. The molecule has 3 aliphatic rings. The average molecular weight is 1090 g/mol. The lowest BCUT2D eigenvalue weighted by Crippen LogP contribution is -2.55. The molecule has 2 aliphatic heterocycles. The molecular weight excluding hydrogens is 1000 g/mol. The number of carboxylic acids is 1. The standard InChI is InChI=1S/C56H89FN5O11PS/c1-13-36(6)50(44(72-10)30-47(65)62-33-56(23-24-56)32-42(62)51(73-11)37(7)52(67)58-41(55(70)71)28-38-20-16-17-21-40(38)57)60(9)53(68)39(34(2)3)29-43(63)49(35(4)5)59(8)46(64)22-15-14-18-25-61-48(66)31-45(54(61)69)75-27-19-26-74-12/h16-17,20-21,34-37,39,41-42,44-45,49-51,74H,13-15,18-19,22-33H2,1-12H3,(H,58,67)(H,70,71)/t36-,37+,39-,41-,42-,44+,45?,49-,50-,51+/m0/s1. The van der Waals surface area contributed by atoms with Crippen molar-refractivity contribution in [2.45, 2.75) is 174 Å². The molecule has 2 N–H and O–H groups in total. The SMILES string of the molecule is CC[C@H](C)[C@@H]([C@@H](CC(=O)N1CC2(CC2)C[C@H]1[C@H](OC)[C@@H](C)C(=O)N[C@@H](Cc1ccccc1F)C(=O)O)OC)N(C)C(=O)[C@@H](CC(=O)[C@H](C(C)C)N(C)C(=O)CCCCCN1C(=O)CC(SCCCPC)C1=O)C(C)C. The lowest BCUT2D eigenvalue weighted by Gasteiger charge is -2.41. The number of hydrogen-bond acceptors (Lipinski definition) is 11.